The summed E-state index contributed by atoms with van der Waals surface area (Å²) < 4.78 is 5.44. The third-order valence-corrected chi connectivity index (χ3v) is 3.73. The molecule has 70 valence electrons. The van der Waals surface area contributed by atoms with Crippen LogP contribution >= 0.6 is 0 Å². The fourth-order valence-electron chi connectivity index (χ4n) is 2.88. The smallest absolute Gasteiger partial charge is 0.170 e. The first kappa shape index (κ1) is 7.04. The van der Waals surface area contributed by atoms with E-state index < -0.39 is 0 Å². The van der Waals surface area contributed by atoms with E-state index in [9.17, 15) is 0 Å². The maximum Gasteiger partial charge on any atom is 0.170 e. The minimum atomic E-state index is 0.793. The Morgan fingerprint density at radius 2 is 2.36 bits per heavy atom. The molecule has 1 aromatic carbocycles. The predicted octanol–water partition coefficient (Wildman–Crippen LogP) is 2.80. The molecule has 2 atom stereocenters. The predicted molar refractivity (Wildman–Crippen MR) is 53.3 cm³/mol. The second kappa shape index (κ2) is 2.02. The van der Waals surface area contributed by atoms with Crippen molar-refractivity contribution in [2.24, 2.45) is 5.92 Å². The highest BCUT2D eigenvalue weighted by Gasteiger charge is 2.46. The Labute approximate surface area is 81.9 Å². The molecular formula is C12H11NO. The summed E-state index contributed by atoms with van der Waals surface area (Å²) in [5.74, 6) is 1.71. The van der Waals surface area contributed by atoms with E-state index in [-0.39, 0.29) is 0 Å². The van der Waals surface area contributed by atoms with Gasteiger partial charge in [-0.05, 0) is 43.2 Å². The maximum absolute atomic E-state index is 5.44. The van der Waals surface area contributed by atoms with Gasteiger partial charge in [0.05, 0.1) is 5.69 Å². The molecule has 2 aliphatic carbocycles. The van der Waals surface area contributed by atoms with E-state index in [1.54, 1.807) is 0 Å². The van der Waals surface area contributed by atoms with Gasteiger partial charge in [0.2, 0.25) is 0 Å². The van der Waals surface area contributed by atoms with Crippen LogP contribution in [0.5, 0.6) is 0 Å². The van der Waals surface area contributed by atoms with Crippen LogP contribution in [-0.4, -0.2) is 5.16 Å². The Morgan fingerprint density at radius 3 is 3.29 bits per heavy atom. The molecule has 2 unspecified atom stereocenters. The Bertz CT molecular complexity index is 540. The van der Waals surface area contributed by atoms with Gasteiger partial charge in [-0.1, -0.05) is 11.2 Å². The SMILES string of the molecule is Cc1noc2c3c(ccc12)CC1CC31. The molecule has 4 rings (SSSR count). The highest BCUT2D eigenvalue weighted by Crippen LogP contribution is 2.58. The van der Waals surface area contributed by atoms with E-state index in [4.69, 9.17) is 4.52 Å². The zero-order valence-electron chi connectivity index (χ0n) is 8.08. The summed E-state index contributed by atoms with van der Waals surface area (Å²) in [6.45, 7) is 2.01. The molecule has 0 N–H and O–H groups in total. The average Bonchev–Trinajstić information content (AvgIpc) is 2.69. The van der Waals surface area contributed by atoms with Crippen LogP contribution < -0.4 is 0 Å². The van der Waals surface area contributed by atoms with Crippen molar-refractivity contribution >= 4 is 11.0 Å². The fourth-order valence-corrected chi connectivity index (χ4v) is 2.88. The van der Waals surface area contributed by atoms with Crippen LogP contribution in [0, 0.1) is 12.8 Å². The highest BCUT2D eigenvalue weighted by molar-refractivity contribution is 5.85. The third kappa shape index (κ3) is 0.671. The molecule has 2 aliphatic rings. The van der Waals surface area contributed by atoms with Gasteiger partial charge in [-0.25, -0.2) is 0 Å². The lowest BCUT2D eigenvalue weighted by molar-refractivity contribution is 0.448. The van der Waals surface area contributed by atoms with Crippen LogP contribution in [0.4, 0.5) is 0 Å². The van der Waals surface area contributed by atoms with Crippen LogP contribution in [0.3, 0.4) is 0 Å². The standard InChI is InChI=1S/C12H11NO/c1-6-9-3-2-7-4-8-5-10(8)11(7)12(9)14-13-6/h2-3,8,10H,4-5H2,1H3. The average molecular weight is 185 g/mol. The van der Waals surface area contributed by atoms with Crippen LogP contribution in [0.25, 0.3) is 11.0 Å². The molecule has 1 aromatic heterocycles. The summed E-state index contributed by atoms with van der Waals surface area (Å²) in [5, 5.41) is 5.26. The van der Waals surface area contributed by atoms with E-state index in [0.717, 1.165) is 23.1 Å². The first-order chi connectivity index (χ1) is 6.84. The number of nitrogens with zero attached hydrogens (tertiary/aromatic N) is 1. The lowest BCUT2D eigenvalue weighted by Gasteiger charge is -2.01. The highest BCUT2D eigenvalue weighted by atomic mass is 16.5. The Morgan fingerprint density at radius 1 is 1.43 bits per heavy atom. The Hall–Kier alpha value is -1.31. The van der Waals surface area contributed by atoms with Crippen molar-refractivity contribution in [2.45, 2.75) is 25.7 Å². The van der Waals surface area contributed by atoms with Gasteiger partial charge in [0.25, 0.3) is 0 Å². The van der Waals surface area contributed by atoms with Crippen LogP contribution in [-0.2, 0) is 6.42 Å². The summed E-state index contributed by atoms with van der Waals surface area (Å²) in [7, 11) is 0. The van der Waals surface area contributed by atoms with E-state index in [2.05, 4.69) is 17.3 Å². The van der Waals surface area contributed by atoms with Crippen molar-refractivity contribution in [3.05, 3.63) is 29.0 Å². The first-order valence-electron chi connectivity index (χ1n) is 5.22. The van der Waals surface area contributed by atoms with Crippen molar-refractivity contribution in [3.8, 4) is 0 Å². The van der Waals surface area contributed by atoms with Crippen molar-refractivity contribution in [3.63, 3.8) is 0 Å². The van der Waals surface area contributed by atoms with Gasteiger partial charge < -0.3 is 4.52 Å². The van der Waals surface area contributed by atoms with Gasteiger partial charge in [-0.2, -0.15) is 0 Å². The molecule has 14 heavy (non-hydrogen) atoms. The monoisotopic (exact) mass is 185 g/mol. The lowest BCUT2D eigenvalue weighted by Crippen LogP contribution is -1.86. The number of aryl methyl sites for hydroxylation is 1. The minimum absolute atomic E-state index is 0.793. The fraction of sp³-hybridized carbons (Fsp3) is 0.417. The van der Waals surface area contributed by atoms with Crippen molar-refractivity contribution in [2.75, 3.05) is 0 Å². The van der Waals surface area contributed by atoms with Gasteiger partial charge in [0, 0.05) is 10.9 Å². The van der Waals surface area contributed by atoms with Crippen molar-refractivity contribution in [1.82, 2.24) is 5.16 Å². The lowest BCUT2D eigenvalue weighted by atomic mass is 10.0. The molecule has 0 radical (unpaired) electrons. The zero-order valence-corrected chi connectivity index (χ0v) is 8.08. The van der Waals surface area contributed by atoms with E-state index in [1.807, 2.05) is 6.92 Å². The summed E-state index contributed by atoms with van der Waals surface area (Å²) in [6.07, 6.45) is 2.63. The van der Waals surface area contributed by atoms with E-state index in [1.165, 1.54) is 29.4 Å². The molecule has 0 saturated heterocycles. The molecule has 1 heterocycles. The topological polar surface area (TPSA) is 26.0 Å². The quantitative estimate of drug-likeness (QED) is 0.630. The molecule has 2 nitrogen and oxygen atoms in total. The van der Waals surface area contributed by atoms with Crippen molar-refractivity contribution < 1.29 is 4.52 Å². The second-order valence-electron chi connectivity index (χ2n) is 4.59. The molecule has 0 spiro atoms. The van der Waals surface area contributed by atoms with Gasteiger partial charge in [-0.3, -0.25) is 0 Å². The number of rotatable bonds is 0. The van der Waals surface area contributed by atoms with Gasteiger partial charge in [0.15, 0.2) is 5.58 Å². The number of aromatic nitrogens is 1. The Balaban J connectivity index is 2.16. The minimum Gasteiger partial charge on any atom is -0.356 e. The first-order valence-corrected chi connectivity index (χ1v) is 5.22. The molecule has 1 saturated carbocycles. The zero-order chi connectivity index (χ0) is 9.28. The van der Waals surface area contributed by atoms with Crippen molar-refractivity contribution in [1.29, 1.82) is 0 Å². The second-order valence-corrected chi connectivity index (χ2v) is 4.59. The maximum atomic E-state index is 5.44. The number of hydrogen-bond acceptors (Lipinski definition) is 2. The molecule has 0 aliphatic heterocycles. The van der Waals surface area contributed by atoms with Crippen LogP contribution in [0.15, 0.2) is 16.7 Å². The number of benzene rings is 1. The molecule has 2 aromatic rings. The molecular weight excluding hydrogens is 174 g/mol. The summed E-state index contributed by atoms with van der Waals surface area (Å²) >= 11 is 0. The van der Waals surface area contributed by atoms with E-state index >= 15 is 0 Å². The number of hydrogen-bond donors (Lipinski definition) is 0. The molecule has 1 fully saturated rings. The summed E-state index contributed by atoms with van der Waals surface area (Å²) in [5.41, 5.74) is 5.04. The summed E-state index contributed by atoms with van der Waals surface area (Å²) in [4.78, 5) is 0. The largest absolute Gasteiger partial charge is 0.356 e. The summed E-state index contributed by atoms with van der Waals surface area (Å²) in [6, 6.07) is 4.42. The third-order valence-electron chi connectivity index (χ3n) is 3.73. The molecule has 0 bridgehead atoms. The Kier molecular flexibility index (Phi) is 1.02. The van der Waals surface area contributed by atoms with Gasteiger partial charge >= 0.3 is 0 Å². The van der Waals surface area contributed by atoms with Gasteiger partial charge in [-0.15, -0.1) is 0 Å². The molecule has 2 heteroatoms. The van der Waals surface area contributed by atoms with E-state index in [0.29, 0.717) is 0 Å². The number of fused-ring (bicyclic) bond motifs is 5. The van der Waals surface area contributed by atoms with Gasteiger partial charge in [0.1, 0.15) is 0 Å². The van der Waals surface area contributed by atoms with Crippen LogP contribution in [0.1, 0.15) is 29.2 Å². The molecule has 0 amide bonds. The van der Waals surface area contributed by atoms with Crippen LogP contribution in [0.2, 0.25) is 0 Å². The normalized spacial score (nSPS) is 27.8.